The number of para-hydroxylation sites is 1. The number of hydrogen-bond donors (Lipinski definition) is 1. The molecule has 0 aliphatic carbocycles. The van der Waals surface area contributed by atoms with Crippen LogP contribution in [0.25, 0.3) is 10.9 Å². The van der Waals surface area contributed by atoms with E-state index in [1.54, 1.807) is 0 Å². The summed E-state index contributed by atoms with van der Waals surface area (Å²) in [5.41, 5.74) is 7.24. The van der Waals surface area contributed by atoms with Gasteiger partial charge in [-0.05, 0) is 42.5 Å². The standard InChI is InChI=1S/C20H20N2/c1-13-12-17-16-8-4-5-9-18(16)21-19(17)20-15-7-3-2-6-14(15)10-11-22(13)20/h2-9,13,20-21H,10-12H2,1H3/t13-,20?/m0/s1. The van der Waals surface area contributed by atoms with E-state index in [9.17, 15) is 0 Å². The first kappa shape index (κ1) is 12.5. The van der Waals surface area contributed by atoms with E-state index in [1.165, 1.54) is 39.7 Å². The van der Waals surface area contributed by atoms with Crippen molar-refractivity contribution in [2.45, 2.75) is 31.8 Å². The molecule has 2 nitrogen and oxygen atoms in total. The summed E-state index contributed by atoms with van der Waals surface area (Å²) in [7, 11) is 0. The second kappa shape index (κ2) is 4.47. The van der Waals surface area contributed by atoms with Crippen LogP contribution in [0, 0.1) is 0 Å². The highest BCUT2D eigenvalue weighted by molar-refractivity contribution is 5.85. The molecule has 0 amide bonds. The third kappa shape index (κ3) is 1.59. The van der Waals surface area contributed by atoms with Crippen LogP contribution < -0.4 is 0 Å². The van der Waals surface area contributed by atoms with Gasteiger partial charge in [-0.25, -0.2) is 0 Å². The zero-order chi connectivity index (χ0) is 14.7. The summed E-state index contributed by atoms with van der Waals surface area (Å²) in [6.07, 6.45) is 2.32. The van der Waals surface area contributed by atoms with Gasteiger partial charge in [-0.1, -0.05) is 42.5 Å². The Kier molecular flexibility index (Phi) is 2.53. The molecular weight excluding hydrogens is 268 g/mol. The average Bonchev–Trinajstić information content (AvgIpc) is 2.93. The number of aromatic amines is 1. The van der Waals surface area contributed by atoms with E-state index in [0.717, 1.165) is 13.0 Å². The zero-order valence-electron chi connectivity index (χ0n) is 12.8. The Morgan fingerprint density at radius 1 is 1.05 bits per heavy atom. The second-order valence-corrected chi connectivity index (χ2v) is 6.71. The molecule has 0 saturated heterocycles. The summed E-state index contributed by atoms with van der Waals surface area (Å²) >= 11 is 0. The molecule has 1 N–H and O–H groups in total. The number of benzene rings is 2. The molecule has 0 bridgehead atoms. The first-order valence-corrected chi connectivity index (χ1v) is 8.26. The van der Waals surface area contributed by atoms with E-state index >= 15 is 0 Å². The number of fused-ring (bicyclic) bond motifs is 7. The van der Waals surface area contributed by atoms with E-state index in [1.807, 2.05) is 0 Å². The number of H-pyrrole nitrogens is 1. The molecule has 3 aromatic rings. The molecule has 5 rings (SSSR count). The molecule has 0 saturated carbocycles. The molecule has 1 aromatic heterocycles. The predicted octanol–water partition coefficient (Wildman–Crippen LogP) is 4.06. The van der Waals surface area contributed by atoms with Crippen LogP contribution in [0.4, 0.5) is 0 Å². The first-order chi connectivity index (χ1) is 10.8. The number of hydrogen-bond acceptors (Lipinski definition) is 1. The van der Waals surface area contributed by atoms with Gasteiger partial charge >= 0.3 is 0 Å². The van der Waals surface area contributed by atoms with Gasteiger partial charge in [0.25, 0.3) is 0 Å². The molecule has 110 valence electrons. The van der Waals surface area contributed by atoms with Crippen molar-refractivity contribution in [2.75, 3.05) is 6.54 Å². The van der Waals surface area contributed by atoms with Gasteiger partial charge in [0.1, 0.15) is 0 Å². The van der Waals surface area contributed by atoms with E-state index in [0.29, 0.717) is 12.1 Å². The summed E-state index contributed by atoms with van der Waals surface area (Å²) in [6, 6.07) is 18.7. The lowest BCUT2D eigenvalue weighted by Crippen LogP contribution is -2.46. The average molecular weight is 288 g/mol. The van der Waals surface area contributed by atoms with Crippen molar-refractivity contribution < 1.29 is 0 Å². The molecular formula is C20H20N2. The molecule has 3 heterocycles. The van der Waals surface area contributed by atoms with Gasteiger partial charge in [-0.2, -0.15) is 0 Å². The van der Waals surface area contributed by atoms with Gasteiger partial charge in [-0.15, -0.1) is 0 Å². The molecule has 22 heavy (non-hydrogen) atoms. The highest BCUT2D eigenvalue weighted by Crippen LogP contribution is 2.43. The largest absolute Gasteiger partial charge is 0.357 e. The van der Waals surface area contributed by atoms with Crippen LogP contribution in [0.2, 0.25) is 0 Å². The van der Waals surface area contributed by atoms with Crippen molar-refractivity contribution in [1.82, 2.24) is 9.88 Å². The Hall–Kier alpha value is -2.06. The maximum atomic E-state index is 3.74. The van der Waals surface area contributed by atoms with Gasteiger partial charge in [0.2, 0.25) is 0 Å². The molecule has 2 aliphatic rings. The number of rotatable bonds is 0. The maximum absolute atomic E-state index is 3.74. The lowest BCUT2D eigenvalue weighted by atomic mass is 9.83. The summed E-state index contributed by atoms with van der Waals surface area (Å²) in [5, 5.41) is 1.41. The van der Waals surface area contributed by atoms with Crippen LogP contribution in [0.5, 0.6) is 0 Å². The van der Waals surface area contributed by atoms with Gasteiger partial charge in [0, 0.05) is 29.2 Å². The molecule has 2 aromatic carbocycles. The van der Waals surface area contributed by atoms with E-state index in [2.05, 4.69) is 65.3 Å². The molecule has 0 radical (unpaired) electrons. The Balaban J connectivity index is 1.79. The molecule has 2 aliphatic heterocycles. The van der Waals surface area contributed by atoms with E-state index in [-0.39, 0.29) is 0 Å². The van der Waals surface area contributed by atoms with Crippen LogP contribution >= 0.6 is 0 Å². The second-order valence-electron chi connectivity index (χ2n) is 6.71. The monoisotopic (exact) mass is 288 g/mol. The molecule has 2 atom stereocenters. The van der Waals surface area contributed by atoms with Crippen molar-refractivity contribution in [1.29, 1.82) is 0 Å². The van der Waals surface area contributed by atoms with Crippen LogP contribution in [0.3, 0.4) is 0 Å². The molecule has 0 spiro atoms. The zero-order valence-corrected chi connectivity index (χ0v) is 12.8. The topological polar surface area (TPSA) is 19.0 Å². The fourth-order valence-electron chi connectivity index (χ4n) is 4.47. The SMILES string of the molecule is C[C@H]1Cc2c([nH]c3ccccc23)C2c3ccccc3CCN21. The number of nitrogens with one attached hydrogen (secondary N) is 1. The van der Waals surface area contributed by atoms with Crippen LogP contribution in [-0.2, 0) is 12.8 Å². The molecule has 2 heteroatoms. The van der Waals surface area contributed by atoms with Crippen molar-refractivity contribution in [2.24, 2.45) is 0 Å². The van der Waals surface area contributed by atoms with Crippen molar-refractivity contribution in [3.8, 4) is 0 Å². The smallest absolute Gasteiger partial charge is 0.0762 e. The highest BCUT2D eigenvalue weighted by atomic mass is 15.2. The minimum absolute atomic E-state index is 0.399. The normalized spacial score (nSPS) is 23.9. The van der Waals surface area contributed by atoms with Crippen molar-refractivity contribution in [3.05, 3.63) is 70.9 Å². The van der Waals surface area contributed by atoms with Gasteiger partial charge in [0.05, 0.1) is 6.04 Å². The third-order valence-corrected chi connectivity index (χ3v) is 5.51. The summed E-state index contributed by atoms with van der Waals surface area (Å²) in [4.78, 5) is 6.42. The number of aromatic nitrogens is 1. The van der Waals surface area contributed by atoms with Gasteiger partial charge in [0.15, 0.2) is 0 Å². The lowest BCUT2D eigenvalue weighted by Gasteiger charge is -2.44. The van der Waals surface area contributed by atoms with Gasteiger partial charge < -0.3 is 4.98 Å². The molecule has 0 fully saturated rings. The maximum Gasteiger partial charge on any atom is 0.0762 e. The lowest BCUT2D eigenvalue weighted by molar-refractivity contribution is 0.139. The van der Waals surface area contributed by atoms with E-state index in [4.69, 9.17) is 0 Å². The minimum atomic E-state index is 0.399. The van der Waals surface area contributed by atoms with Gasteiger partial charge in [-0.3, -0.25) is 4.90 Å². The summed E-state index contributed by atoms with van der Waals surface area (Å²) in [5.74, 6) is 0. The molecule has 1 unspecified atom stereocenters. The first-order valence-electron chi connectivity index (χ1n) is 8.26. The predicted molar refractivity (Wildman–Crippen MR) is 90.2 cm³/mol. The van der Waals surface area contributed by atoms with E-state index < -0.39 is 0 Å². The Morgan fingerprint density at radius 3 is 2.82 bits per heavy atom. The summed E-state index contributed by atoms with van der Waals surface area (Å²) in [6.45, 7) is 3.54. The highest BCUT2D eigenvalue weighted by Gasteiger charge is 2.38. The number of nitrogens with zero attached hydrogens (tertiary/aromatic N) is 1. The minimum Gasteiger partial charge on any atom is -0.357 e. The fraction of sp³-hybridized carbons (Fsp3) is 0.300. The fourth-order valence-corrected chi connectivity index (χ4v) is 4.47. The van der Waals surface area contributed by atoms with Crippen molar-refractivity contribution >= 4 is 10.9 Å². The van der Waals surface area contributed by atoms with Crippen LogP contribution in [0.15, 0.2) is 48.5 Å². The van der Waals surface area contributed by atoms with Crippen molar-refractivity contribution in [3.63, 3.8) is 0 Å². The summed E-state index contributed by atoms with van der Waals surface area (Å²) < 4.78 is 0. The third-order valence-electron chi connectivity index (χ3n) is 5.51. The van der Waals surface area contributed by atoms with Crippen LogP contribution in [0.1, 0.15) is 35.3 Å². The van der Waals surface area contributed by atoms with Crippen LogP contribution in [-0.4, -0.2) is 22.5 Å². The Bertz CT molecular complexity index is 861. The Morgan fingerprint density at radius 2 is 1.86 bits per heavy atom. The quantitative estimate of drug-likeness (QED) is 0.661. The Labute approximate surface area is 130 Å².